The lowest BCUT2D eigenvalue weighted by molar-refractivity contribution is -0.132. The van der Waals surface area contributed by atoms with E-state index in [9.17, 15) is 4.79 Å². The number of aryl methyl sites for hydroxylation is 1. The average Bonchev–Trinajstić information content (AvgIpc) is 2.80. The van der Waals surface area contributed by atoms with Crippen molar-refractivity contribution >= 4 is 12.0 Å². The molecule has 23 heavy (non-hydrogen) atoms. The van der Waals surface area contributed by atoms with Gasteiger partial charge < -0.3 is 14.4 Å². The summed E-state index contributed by atoms with van der Waals surface area (Å²) in [5.74, 6) is -0.421. The summed E-state index contributed by atoms with van der Waals surface area (Å²) in [4.78, 5) is 11.0. The van der Waals surface area contributed by atoms with Gasteiger partial charge in [0.05, 0.1) is 6.61 Å². The van der Waals surface area contributed by atoms with Crippen molar-refractivity contribution in [1.29, 1.82) is 5.26 Å². The molecule has 1 aromatic heterocycles. The van der Waals surface area contributed by atoms with Crippen molar-refractivity contribution in [1.82, 2.24) is 4.57 Å². The highest BCUT2D eigenvalue weighted by atomic mass is 16.5. The van der Waals surface area contributed by atoms with Gasteiger partial charge in [0.25, 0.3) is 0 Å². The number of nitriles is 1. The second-order valence-corrected chi connectivity index (χ2v) is 5.06. The van der Waals surface area contributed by atoms with E-state index < -0.39 is 5.97 Å². The zero-order valence-corrected chi connectivity index (χ0v) is 13.3. The fraction of sp³-hybridized carbons (Fsp3) is 0.222. The summed E-state index contributed by atoms with van der Waals surface area (Å²) in [5, 5.41) is 17.9. The first-order valence-corrected chi connectivity index (χ1v) is 7.25. The summed E-state index contributed by atoms with van der Waals surface area (Å²) in [7, 11) is 0. The van der Waals surface area contributed by atoms with Crippen LogP contribution < -0.4 is 4.74 Å². The Hall–Kier alpha value is -3.00. The monoisotopic (exact) mass is 310 g/mol. The van der Waals surface area contributed by atoms with Crippen molar-refractivity contribution in [2.75, 3.05) is 6.61 Å². The van der Waals surface area contributed by atoms with E-state index in [2.05, 4.69) is 0 Å². The molecule has 0 amide bonds. The SMILES string of the molecule is CCOc1ccc(-n2c(C)cc(/C=C(\C#N)C(=O)O)c2C)cc1. The number of nitrogens with zero attached hydrogens (tertiary/aromatic N) is 2. The van der Waals surface area contributed by atoms with Crippen molar-refractivity contribution in [3.05, 3.63) is 52.9 Å². The van der Waals surface area contributed by atoms with Crippen LogP contribution in [0.25, 0.3) is 11.8 Å². The number of aliphatic carboxylic acids is 1. The Bertz CT molecular complexity index is 793. The molecule has 118 valence electrons. The van der Waals surface area contributed by atoms with Crippen LogP contribution in [0.5, 0.6) is 5.75 Å². The number of benzene rings is 1. The van der Waals surface area contributed by atoms with Gasteiger partial charge in [0.15, 0.2) is 0 Å². The smallest absolute Gasteiger partial charge is 0.346 e. The van der Waals surface area contributed by atoms with E-state index in [4.69, 9.17) is 15.1 Å². The molecule has 0 saturated heterocycles. The molecular weight excluding hydrogens is 292 g/mol. The van der Waals surface area contributed by atoms with Gasteiger partial charge in [0.1, 0.15) is 17.4 Å². The third kappa shape index (κ3) is 3.43. The van der Waals surface area contributed by atoms with Gasteiger partial charge in [-0.2, -0.15) is 5.26 Å². The van der Waals surface area contributed by atoms with E-state index in [0.717, 1.165) is 28.4 Å². The van der Waals surface area contributed by atoms with E-state index in [1.54, 1.807) is 6.07 Å². The maximum atomic E-state index is 11.0. The van der Waals surface area contributed by atoms with Crippen LogP contribution in [0.4, 0.5) is 0 Å². The lowest BCUT2D eigenvalue weighted by atomic mass is 10.1. The highest BCUT2D eigenvalue weighted by Crippen LogP contribution is 2.24. The Balaban J connectivity index is 2.46. The molecule has 1 N–H and O–H groups in total. The van der Waals surface area contributed by atoms with Crippen molar-refractivity contribution in [2.24, 2.45) is 0 Å². The molecule has 0 aliphatic carbocycles. The fourth-order valence-corrected chi connectivity index (χ4v) is 2.49. The summed E-state index contributed by atoms with van der Waals surface area (Å²) < 4.78 is 7.45. The van der Waals surface area contributed by atoms with Crippen LogP contribution in [0, 0.1) is 25.2 Å². The highest BCUT2D eigenvalue weighted by Gasteiger charge is 2.12. The molecule has 0 aliphatic rings. The minimum absolute atomic E-state index is 0.281. The molecule has 5 nitrogen and oxygen atoms in total. The lowest BCUT2D eigenvalue weighted by Crippen LogP contribution is -2.00. The summed E-state index contributed by atoms with van der Waals surface area (Å²) in [6.45, 7) is 6.38. The van der Waals surface area contributed by atoms with E-state index in [1.165, 1.54) is 6.08 Å². The van der Waals surface area contributed by atoms with Crippen LogP contribution >= 0.6 is 0 Å². The number of carboxylic acid groups (broad SMARTS) is 1. The van der Waals surface area contributed by atoms with Crippen LogP contribution in [0.1, 0.15) is 23.9 Å². The van der Waals surface area contributed by atoms with Gasteiger partial charge >= 0.3 is 5.97 Å². The molecule has 0 unspecified atom stereocenters. The Kier molecular flexibility index (Phi) is 4.87. The molecule has 0 spiro atoms. The largest absolute Gasteiger partial charge is 0.494 e. The highest BCUT2D eigenvalue weighted by molar-refractivity contribution is 5.96. The minimum Gasteiger partial charge on any atom is -0.494 e. The second kappa shape index (κ2) is 6.84. The topological polar surface area (TPSA) is 75.2 Å². The number of hydrogen-bond donors (Lipinski definition) is 1. The Morgan fingerprint density at radius 1 is 1.35 bits per heavy atom. The van der Waals surface area contributed by atoms with Crippen molar-refractivity contribution in [3.8, 4) is 17.5 Å². The first kappa shape index (κ1) is 16.4. The zero-order chi connectivity index (χ0) is 17.0. The van der Waals surface area contributed by atoms with Crippen LogP contribution in [0.15, 0.2) is 35.9 Å². The van der Waals surface area contributed by atoms with Gasteiger partial charge in [-0.05, 0) is 62.7 Å². The number of aromatic nitrogens is 1. The predicted octanol–water partition coefficient (Wildman–Crippen LogP) is 3.48. The molecule has 0 saturated carbocycles. The van der Waals surface area contributed by atoms with Crippen LogP contribution in [0.3, 0.4) is 0 Å². The Morgan fingerprint density at radius 2 is 2.00 bits per heavy atom. The normalized spacial score (nSPS) is 11.1. The zero-order valence-electron chi connectivity index (χ0n) is 13.3. The van der Waals surface area contributed by atoms with Gasteiger partial charge in [-0.1, -0.05) is 0 Å². The maximum absolute atomic E-state index is 11.0. The number of carboxylic acids is 1. The third-order valence-corrected chi connectivity index (χ3v) is 3.53. The van der Waals surface area contributed by atoms with E-state index >= 15 is 0 Å². The number of rotatable bonds is 5. The number of carbonyl (C=O) groups is 1. The fourth-order valence-electron chi connectivity index (χ4n) is 2.49. The van der Waals surface area contributed by atoms with Gasteiger partial charge in [-0.25, -0.2) is 4.79 Å². The number of hydrogen-bond acceptors (Lipinski definition) is 3. The van der Waals surface area contributed by atoms with Crippen LogP contribution in [0.2, 0.25) is 0 Å². The molecule has 2 aromatic rings. The van der Waals surface area contributed by atoms with Crippen molar-refractivity contribution in [2.45, 2.75) is 20.8 Å². The van der Waals surface area contributed by atoms with E-state index in [-0.39, 0.29) is 5.57 Å². The van der Waals surface area contributed by atoms with E-state index in [1.807, 2.05) is 55.7 Å². The molecule has 5 heteroatoms. The van der Waals surface area contributed by atoms with Crippen LogP contribution in [-0.2, 0) is 4.79 Å². The Labute approximate surface area is 135 Å². The molecule has 0 aliphatic heterocycles. The van der Waals surface area contributed by atoms with Gasteiger partial charge in [0, 0.05) is 17.1 Å². The van der Waals surface area contributed by atoms with Gasteiger partial charge in [-0.15, -0.1) is 0 Å². The van der Waals surface area contributed by atoms with Crippen molar-refractivity contribution in [3.63, 3.8) is 0 Å². The maximum Gasteiger partial charge on any atom is 0.346 e. The van der Waals surface area contributed by atoms with Crippen molar-refractivity contribution < 1.29 is 14.6 Å². The van der Waals surface area contributed by atoms with Crippen LogP contribution in [-0.4, -0.2) is 22.2 Å². The molecule has 1 heterocycles. The molecular formula is C18H18N2O3. The summed E-state index contributed by atoms with van der Waals surface area (Å²) in [6.07, 6.45) is 1.40. The van der Waals surface area contributed by atoms with E-state index in [0.29, 0.717) is 6.61 Å². The molecule has 0 radical (unpaired) electrons. The second-order valence-electron chi connectivity index (χ2n) is 5.06. The lowest BCUT2D eigenvalue weighted by Gasteiger charge is -2.11. The number of ether oxygens (including phenoxy) is 1. The average molecular weight is 310 g/mol. The summed E-state index contributed by atoms with van der Waals surface area (Å²) in [6, 6.07) is 11.2. The molecule has 2 rings (SSSR count). The summed E-state index contributed by atoms with van der Waals surface area (Å²) in [5.41, 5.74) is 3.23. The molecule has 1 aromatic carbocycles. The quantitative estimate of drug-likeness (QED) is 0.677. The first-order chi connectivity index (χ1) is 11.0. The molecule has 0 atom stereocenters. The molecule has 0 bridgehead atoms. The standard InChI is InChI=1S/C18H18N2O3/c1-4-23-17-7-5-16(6-8-17)20-12(2)9-14(13(20)3)10-15(11-19)18(21)22/h5-10H,4H2,1-3H3,(H,21,22)/b15-10+. The first-order valence-electron chi connectivity index (χ1n) is 7.25. The van der Waals surface area contributed by atoms with Gasteiger partial charge in [-0.3, -0.25) is 0 Å². The molecule has 0 fully saturated rings. The van der Waals surface area contributed by atoms with Gasteiger partial charge in [0.2, 0.25) is 0 Å². The third-order valence-electron chi connectivity index (χ3n) is 3.53. The minimum atomic E-state index is -1.22. The predicted molar refractivity (Wildman–Crippen MR) is 87.6 cm³/mol. The Morgan fingerprint density at radius 3 is 2.52 bits per heavy atom. The summed E-state index contributed by atoms with van der Waals surface area (Å²) >= 11 is 0.